The van der Waals surface area contributed by atoms with Crippen LogP contribution in [0.2, 0.25) is 0 Å². The van der Waals surface area contributed by atoms with Crippen molar-refractivity contribution in [3.63, 3.8) is 0 Å². The summed E-state index contributed by atoms with van der Waals surface area (Å²) in [6.45, 7) is 0. The molecule has 0 bridgehead atoms. The van der Waals surface area contributed by atoms with Crippen LogP contribution in [0.3, 0.4) is 0 Å². The van der Waals surface area contributed by atoms with Gasteiger partial charge in [0.15, 0.2) is 0 Å². The maximum absolute atomic E-state index is 2.44. The molecule has 1 atom stereocenters. The average Bonchev–Trinajstić information content (AvgIpc) is 2.84. The highest BCUT2D eigenvalue weighted by atomic mass is 14.3. The van der Waals surface area contributed by atoms with Crippen molar-refractivity contribution in [2.45, 2.75) is 38.0 Å². The number of hydrogen-bond acceptors (Lipinski definition) is 0. The van der Waals surface area contributed by atoms with E-state index >= 15 is 0 Å². The minimum absolute atomic E-state index is 0.558. The standard InChI is InChI=1S/C30H26/c1-3-8-21(9-4-1)23-14-16-26-24(20-23)15-17-30-27-13-7-12-25(22-10-5-2-6-11-22)28(27)18-19-29(26)30/h1-6,8-11,14,16,18-20,25H,7,12-13,15,17H2. The molecular formula is C30H26. The largest absolute Gasteiger partial charge is 0.0622 e. The van der Waals surface area contributed by atoms with Crippen molar-refractivity contribution in [2.24, 2.45) is 0 Å². The SMILES string of the molecule is c1ccc(-c2ccc3c(c2)CCc2c-3ccc3c2CCCC3c2ccccc2)cc1. The molecule has 0 heterocycles. The monoisotopic (exact) mass is 386 g/mol. The second-order valence-electron chi connectivity index (χ2n) is 8.75. The van der Waals surface area contributed by atoms with Gasteiger partial charge in [0.2, 0.25) is 0 Å². The number of hydrogen-bond donors (Lipinski definition) is 0. The Hall–Kier alpha value is -3.12. The van der Waals surface area contributed by atoms with Gasteiger partial charge in [-0.1, -0.05) is 91.0 Å². The van der Waals surface area contributed by atoms with Crippen LogP contribution in [0, 0.1) is 0 Å². The molecular weight excluding hydrogens is 360 g/mol. The first-order chi connectivity index (χ1) is 14.9. The molecule has 2 aliphatic rings. The summed E-state index contributed by atoms with van der Waals surface area (Å²) in [5, 5.41) is 0. The lowest BCUT2D eigenvalue weighted by Gasteiger charge is -2.31. The van der Waals surface area contributed by atoms with Gasteiger partial charge in [-0.05, 0) is 82.2 Å². The van der Waals surface area contributed by atoms with Crippen molar-refractivity contribution in [1.82, 2.24) is 0 Å². The van der Waals surface area contributed by atoms with Crippen LogP contribution < -0.4 is 0 Å². The van der Waals surface area contributed by atoms with Crippen LogP contribution in [-0.4, -0.2) is 0 Å². The first-order valence-corrected chi connectivity index (χ1v) is 11.3. The van der Waals surface area contributed by atoms with Crippen molar-refractivity contribution in [3.8, 4) is 22.3 Å². The number of fused-ring (bicyclic) bond motifs is 5. The third-order valence-electron chi connectivity index (χ3n) is 7.11. The topological polar surface area (TPSA) is 0 Å². The summed E-state index contributed by atoms with van der Waals surface area (Å²) in [5.74, 6) is 0.558. The quantitative estimate of drug-likeness (QED) is 0.333. The van der Waals surface area contributed by atoms with Gasteiger partial charge in [0.05, 0.1) is 0 Å². The molecule has 0 radical (unpaired) electrons. The molecule has 0 amide bonds. The van der Waals surface area contributed by atoms with Crippen LogP contribution >= 0.6 is 0 Å². The molecule has 0 nitrogen and oxygen atoms in total. The van der Waals surface area contributed by atoms with E-state index in [1.807, 2.05) is 0 Å². The summed E-state index contributed by atoms with van der Waals surface area (Å²) in [7, 11) is 0. The van der Waals surface area contributed by atoms with E-state index in [4.69, 9.17) is 0 Å². The molecule has 0 N–H and O–H groups in total. The highest BCUT2D eigenvalue weighted by molar-refractivity contribution is 5.79. The Bertz CT molecular complexity index is 1200. The first-order valence-electron chi connectivity index (χ1n) is 11.3. The molecule has 2 aliphatic carbocycles. The summed E-state index contributed by atoms with van der Waals surface area (Å²) < 4.78 is 0. The van der Waals surface area contributed by atoms with Gasteiger partial charge in [-0.2, -0.15) is 0 Å². The lowest BCUT2D eigenvalue weighted by Crippen LogP contribution is -2.16. The summed E-state index contributed by atoms with van der Waals surface area (Å²) in [4.78, 5) is 0. The fourth-order valence-electron chi connectivity index (χ4n) is 5.67. The van der Waals surface area contributed by atoms with Crippen molar-refractivity contribution in [2.75, 3.05) is 0 Å². The van der Waals surface area contributed by atoms with Crippen LogP contribution in [0.5, 0.6) is 0 Å². The predicted octanol–water partition coefficient (Wildman–Crippen LogP) is 7.59. The molecule has 6 rings (SSSR count). The lowest BCUT2D eigenvalue weighted by molar-refractivity contribution is 0.610. The Morgan fingerprint density at radius 3 is 2.17 bits per heavy atom. The second-order valence-corrected chi connectivity index (χ2v) is 8.75. The van der Waals surface area contributed by atoms with E-state index in [1.165, 1.54) is 59.1 Å². The van der Waals surface area contributed by atoms with E-state index in [0.717, 1.165) is 6.42 Å². The van der Waals surface area contributed by atoms with E-state index < -0.39 is 0 Å². The van der Waals surface area contributed by atoms with Crippen LogP contribution in [0.4, 0.5) is 0 Å². The summed E-state index contributed by atoms with van der Waals surface area (Å²) in [6, 6.07) is 33.8. The van der Waals surface area contributed by atoms with E-state index in [-0.39, 0.29) is 0 Å². The van der Waals surface area contributed by atoms with Gasteiger partial charge >= 0.3 is 0 Å². The second kappa shape index (κ2) is 7.29. The maximum atomic E-state index is 2.44. The van der Waals surface area contributed by atoms with Crippen LogP contribution in [-0.2, 0) is 19.3 Å². The van der Waals surface area contributed by atoms with Crippen molar-refractivity contribution in [1.29, 1.82) is 0 Å². The van der Waals surface area contributed by atoms with Gasteiger partial charge in [0.25, 0.3) is 0 Å². The Morgan fingerprint density at radius 1 is 0.567 bits per heavy atom. The Morgan fingerprint density at radius 2 is 1.33 bits per heavy atom. The smallest absolute Gasteiger partial charge is 0.00922 e. The molecule has 0 spiro atoms. The molecule has 0 heteroatoms. The molecule has 0 aromatic heterocycles. The highest BCUT2D eigenvalue weighted by Gasteiger charge is 2.27. The fraction of sp³-hybridized carbons (Fsp3) is 0.200. The third kappa shape index (κ3) is 2.91. The Balaban J connectivity index is 1.43. The summed E-state index contributed by atoms with van der Waals surface area (Å²) in [6.07, 6.45) is 6.12. The zero-order valence-electron chi connectivity index (χ0n) is 17.3. The molecule has 30 heavy (non-hydrogen) atoms. The number of benzene rings is 4. The van der Waals surface area contributed by atoms with Crippen LogP contribution in [0.1, 0.15) is 46.6 Å². The van der Waals surface area contributed by atoms with Crippen LogP contribution in [0.15, 0.2) is 91.0 Å². The Labute approximate surface area is 179 Å². The lowest BCUT2D eigenvalue weighted by atomic mass is 9.73. The minimum Gasteiger partial charge on any atom is -0.0622 e. The van der Waals surface area contributed by atoms with E-state index in [2.05, 4.69) is 91.0 Å². The zero-order valence-corrected chi connectivity index (χ0v) is 17.3. The summed E-state index contributed by atoms with van der Waals surface area (Å²) >= 11 is 0. The van der Waals surface area contributed by atoms with Crippen LogP contribution in [0.25, 0.3) is 22.3 Å². The van der Waals surface area contributed by atoms with E-state index in [0.29, 0.717) is 5.92 Å². The van der Waals surface area contributed by atoms with E-state index in [9.17, 15) is 0 Å². The molecule has 4 aromatic carbocycles. The molecule has 146 valence electrons. The maximum Gasteiger partial charge on any atom is 0.00922 e. The number of aryl methyl sites for hydroxylation is 1. The number of rotatable bonds is 2. The molecule has 4 aromatic rings. The van der Waals surface area contributed by atoms with Gasteiger partial charge in [0.1, 0.15) is 0 Å². The normalized spacial score (nSPS) is 17.0. The molecule has 0 aliphatic heterocycles. The Kier molecular flexibility index (Phi) is 4.30. The molecule has 1 unspecified atom stereocenters. The summed E-state index contributed by atoms with van der Waals surface area (Å²) in [5.41, 5.74) is 13.4. The predicted molar refractivity (Wildman–Crippen MR) is 126 cm³/mol. The van der Waals surface area contributed by atoms with Gasteiger partial charge in [-0.3, -0.25) is 0 Å². The highest BCUT2D eigenvalue weighted by Crippen LogP contribution is 2.44. The molecule has 0 fully saturated rings. The van der Waals surface area contributed by atoms with Crippen molar-refractivity contribution >= 4 is 0 Å². The van der Waals surface area contributed by atoms with Gasteiger partial charge in [-0.25, -0.2) is 0 Å². The average molecular weight is 387 g/mol. The van der Waals surface area contributed by atoms with Gasteiger partial charge < -0.3 is 0 Å². The third-order valence-corrected chi connectivity index (χ3v) is 7.11. The van der Waals surface area contributed by atoms with Crippen molar-refractivity contribution < 1.29 is 0 Å². The van der Waals surface area contributed by atoms with E-state index in [1.54, 1.807) is 16.7 Å². The minimum atomic E-state index is 0.558. The van der Waals surface area contributed by atoms with Gasteiger partial charge in [-0.15, -0.1) is 0 Å². The zero-order chi connectivity index (χ0) is 19.9. The van der Waals surface area contributed by atoms with Gasteiger partial charge in [0, 0.05) is 5.92 Å². The van der Waals surface area contributed by atoms with Crippen molar-refractivity contribution in [3.05, 3.63) is 119 Å². The fourth-order valence-corrected chi connectivity index (χ4v) is 5.67. The molecule has 0 saturated carbocycles. The first kappa shape index (κ1) is 17.7. The molecule has 0 saturated heterocycles.